The summed E-state index contributed by atoms with van der Waals surface area (Å²) in [5.74, 6) is 0.225. The van der Waals surface area contributed by atoms with Gasteiger partial charge in [-0.15, -0.1) is 0 Å². The molecule has 3 rings (SSSR count). The average molecular weight is 361 g/mol. The molecule has 6 nitrogen and oxygen atoms in total. The van der Waals surface area contributed by atoms with E-state index in [1.165, 1.54) is 0 Å². The van der Waals surface area contributed by atoms with Crippen molar-refractivity contribution in [3.63, 3.8) is 0 Å². The molecule has 1 aromatic heterocycles. The van der Waals surface area contributed by atoms with Crippen molar-refractivity contribution in [1.82, 2.24) is 15.3 Å². The van der Waals surface area contributed by atoms with E-state index >= 15 is 0 Å². The van der Waals surface area contributed by atoms with E-state index in [9.17, 15) is 4.79 Å². The maximum atomic E-state index is 12.2. The van der Waals surface area contributed by atoms with Crippen molar-refractivity contribution in [1.29, 1.82) is 0 Å². The van der Waals surface area contributed by atoms with E-state index in [1.54, 1.807) is 12.3 Å². The highest BCUT2D eigenvalue weighted by atomic mass is 35.5. The molecule has 2 aromatic rings. The Hall–Kier alpha value is -2.18. The number of rotatable bonds is 7. The summed E-state index contributed by atoms with van der Waals surface area (Å²) >= 11 is 5.96. The molecule has 1 unspecified atom stereocenters. The molecule has 0 bridgehead atoms. The van der Waals surface area contributed by atoms with E-state index in [4.69, 9.17) is 16.3 Å². The number of aromatic nitrogens is 2. The van der Waals surface area contributed by atoms with Gasteiger partial charge < -0.3 is 15.4 Å². The molecule has 0 aliphatic carbocycles. The molecule has 0 saturated carbocycles. The van der Waals surface area contributed by atoms with Gasteiger partial charge in [0.25, 0.3) is 5.91 Å². The first-order valence-corrected chi connectivity index (χ1v) is 8.79. The number of halogens is 1. The quantitative estimate of drug-likeness (QED) is 0.794. The number of carbonyl (C=O) groups is 1. The van der Waals surface area contributed by atoms with Crippen molar-refractivity contribution in [2.45, 2.75) is 25.4 Å². The Bertz CT molecular complexity index is 720. The molecule has 1 fully saturated rings. The van der Waals surface area contributed by atoms with Crippen LogP contribution in [0.25, 0.3) is 0 Å². The van der Waals surface area contributed by atoms with Crippen LogP contribution in [0.1, 0.15) is 28.9 Å². The number of anilines is 1. The van der Waals surface area contributed by atoms with Crippen LogP contribution in [0.4, 0.5) is 5.95 Å². The molecule has 2 N–H and O–H groups in total. The monoisotopic (exact) mass is 360 g/mol. The van der Waals surface area contributed by atoms with Crippen LogP contribution in [0, 0.1) is 0 Å². The summed E-state index contributed by atoms with van der Waals surface area (Å²) in [7, 11) is 0. The zero-order valence-corrected chi connectivity index (χ0v) is 14.6. The minimum atomic E-state index is -0.218. The molecular formula is C18H21ClN4O2. The second kappa shape index (κ2) is 8.78. The highest BCUT2D eigenvalue weighted by Gasteiger charge is 2.16. The van der Waals surface area contributed by atoms with Crippen molar-refractivity contribution in [2.75, 3.05) is 25.0 Å². The summed E-state index contributed by atoms with van der Waals surface area (Å²) in [6.45, 7) is 1.98. The first kappa shape index (κ1) is 17.6. The van der Waals surface area contributed by atoms with E-state index in [1.807, 2.05) is 24.3 Å². The van der Waals surface area contributed by atoms with Crippen molar-refractivity contribution in [3.05, 3.63) is 52.8 Å². The van der Waals surface area contributed by atoms with Gasteiger partial charge in [0.05, 0.1) is 6.10 Å². The molecule has 1 amide bonds. The predicted octanol–water partition coefficient (Wildman–Crippen LogP) is 2.69. The number of hydrogen-bond acceptors (Lipinski definition) is 5. The lowest BCUT2D eigenvalue weighted by Crippen LogP contribution is -2.27. The van der Waals surface area contributed by atoms with Gasteiger partial charge in [-0.2, -0.15) is 0 Å². The van der Waals surface area contributed by atoms with Crippen LogP contribution < -0.4 is 10.6 Å². The fraction of sp³-hybridized carbons (Fsp3) is 0.389. The van der Waals surface area contributed by atoms with Crippen LogP contribution in [0.5, 0.6) is 0 Å². The van der Waals surface area contributed by atoms with Crippen LogP contribution in [-0.4, -0.2) is 41.7 Å². The average Bonchev–Trinajstić information content (AvgIpc) is 3.14. The Labute approximate surface area is 152 Å². The summed E-state index contributed by atoms with van der Waals surface area (Å²) in [6.07, 6.45) is 4.61. The van der Waals surface area contributed by atoms with Crippen LogP contribution >= 0.6 is 11.6 Å². The number of amides is 1. The lowest BCUT2D eigenvalue weighted by molar-refractivity contribution is 0.0949. The van der Waals surface area contributed by atoms with Crippen molar-refractivity contribution in [2.24, 2.45) is 0 Å². The number of nitrogens with one attached hydrogen (secondary N) is 2. The molecule has 1 atom stereocenters. The molecule has 1 aliphatic rings. The Balaban J connectivity index is 1.48. The van der Waals surface area contributed by atoms with E-state index in [2.05, 4.69) is 20.6 Å². The number of hydrogen-bond donors (Lipinski definition) is 2. The Morgan fingerprint density at radius 1 is 1.36 bits per heavy atom. The summed E-state index contributed by atoms with van der Waals surface area (Å²) in [6, 6.07) is 9.21. The highest BCUT2D eigenvalue weighted by molar-refractivity contribution is 6.30. The van der Waals surface area contributed by atoms with Gasteiger partial charge in [-0.3, -0.25) is 4.79 Å². The SMILES string of the molecule is O=C(NCCc1cccc(Cl)c1)c1ccnc(NCC2CCCO2)n1. The molecule has 0 radical (unpaired) electrons. The van der Waals surface area contributed by atoms with Crippen LogP contribution in [0.3, 0.4) is 0 Å². The smallest absolute Gasteiger partial charge is 0.270 e. The van der Waals surface area contributed by atoms with E-state index in [0.29, 0.717) is 36.2 Å². The molecule has 132 valence electrons. The molecular weight excluding hydrogens is 340 g/mol. The number of carbonyl (C=O) groups excluding carboxylic acids is 1. The van der Waals surface area contributed by atoms with E-state index in [0.717, 1.165) is 25.0 Å². The Kier molecular flexibility index (Phi) is 6.19. The van der Waals surface area contributed by atoms with E-state index < -0.39 is 0 Å². The third-order valence-corrected chi connectivity index (χ3v) is 4.22. The standard InChI is InChI=1S/C18H21ClN4O2/c19-14-4-1-3-13(11-14)6-8-20-17(24)16-7-9-21-18(23-16)22-12-15-5-2-10-25-15/h1,3-4,7,9,11,15H,2,5-6,8,10,12H2,(H,20,24)(H,21,22,23). The lowest BCUT2D eigenvalue weighted by atomic mass is 10.1. The van der Waals surface area contributed by atoms with Crippen molar-refractivity contribution >= 4 is 23.5 Å². The molecule has 1 saturated heterocycles. The van der Waals surface area contributed by atoms with Gasteiger partial charge in [0.1, 0.15) is 5.69 Å². The van der Waals surface area contributed by atoms with Gasteiger partial charge in [-0.25, -0.2) is 9.97 Å². The third kappa shape index (κ3) is 5.41. The minimum absolute atomic E-state index is 0.193. The molecule has 25 heavy (non-hydrogen) atoms. The van der Waals surface area contributed by atoms with Gasteiger partial charge in [0, 0.05) is 30.9 Å². The van der Waals surface area contributed by atoms with Crippen molar-refractivity contribution < 1.29 is 9.53 Å². The molecule has 0 spiro atoms. The first-order chi connectivity index (χ1) is 12.2. The van der Waals surface area contributed by atoms with Gasteiger partial charge in [0.2, 0.25) is 5.95 Å². The fourth-order valence-electron chi connectivity index (χ4n) is 2.68. The van der Waals surface area contributed by atoms with Crippen molar-refractivity contribution in [3.8, 4) is 0 Å². The van der Waals surface area contributed by atoms with Gasteiger partial charge in [0.15, 0.2) is 0 Å². The first-order valence-electron chi connectivity index (χ1n) is 8.42. The topological polar surface area (TPSA) is 76.1 Å². The largest absolute Gasteiger partial charge is 0.376 e. The van der Waals surface area contributed by atoms with Gasteiger partial charge in [-0.1, -0.05) is 23.7 Å². The number of nitrogens with zero attached hydrogens (tertiary/aromatic N) is 2. The molecule has 7 heteroatoms. The summed E-state index contributed by atoms with van der Waals surface area (Å²) in [5.41, 5.74) is 1.42. The highest BCUT2D eigenvalue weighted by Crippen LogP contribution is 2.12. The Morgan fingerprint density at radius 3 is 3.08 bits per heavy atom. The maximum absolute atomic E-state index is 12.2. The second-order valence-corrected chi connectivity index (χ2v) is 6.35. The molecule has 1 aromatic carbocycles. The molecule has 2 heterocycles. The third-order valence-electron chi connectivity index (χ3n) is 3.99. The summed E-state index contributed by atoms with van der Waals surface area (Å²) < 4.78 is 5.55. The molecule has 1 aliphatic heterocycles. The zero-order chi connectivity index (χ0) is 17.5. The minimum Gasteiger partial charge on any atom is -0.376 e. The lowest BCUT2D eigenvalue weighted by Gasteiger charge is -2.11. The van der Waals surface area contributed by atoms with Gasteiger partial charge in [-0.05, 0) is 43.0 Å². The zero-order valence-electron chi connectivity index (χ0n) is 13.9. The summed E-state index contributed by atoms with van der Waals surface area (Å²) in [5, 5.41) is 6.69. The van der Waals surface area contributed by atoms with Crippen LogP contribution in [0.2, 0.25) is 5.02 Å². The normalized spacial score (nSPS) is 16.6. The Morgan fingerprint density at radius 2 is 2.28 bits per heavy atom. The number of ether oxygens (including phenoxy) is 1. The van der Waals surface area contributed by atoms with Crippen LogP contribution in [-0.2, 0) is 11.2 Å². The second-order valence-electron chi connectivity index (χ2n) is 5.92. The summed E-state index contributed by atoms with van der Waals surface area (Å²) in [4.78, 5) is 20.6. The van der Waals surface area contributed by atoms with Crippen LogP contribution in [0.15, 0.2) is 36.5 Å². The van der Waals surface area contributed by atoms with Gasteiger partial charge >= 0.3 is 0 Å². The number of benzene rings is 1. The van der Waals surface area contributed by atoms with E-state index in [-0.39, 0.29) is 12.0 Å². The maximum Gasteiger partial charge on any atom is 0.270 e. The predicted molar refractivity (Wildman–Crippen MR) is 97.0 cm³/mol. The fourth-order valence-corrected chi connectivity index (χ4v) is 2.90.